The van der Waals surface area contributed by atoms with Gasteiger partial charge in [-0.1, -0.05) is 24.3 Å². The number of Topliss-reactive ketones (excluding diaryl/α,β-unsaturated/α-hetero) is 2. The standard InChI is InChI=1S/C39H29N9O12S3.3Na/c40-27-15-17-29(61(52,53)54)26-14-16-28(37(49)33(26)27)46-43-25-12-10-22(11-13-25)42-39(51)20-6-8-24(9-7-20)45-47-35-30(62(55,56)57)18-21-19-31(63(58,59)60)36(38(50)32(21)34(35)41)48-44-23-4-2-1-3-5-23;;;/h1-19,43-44H,40-41H2,(H,42,51)(H,52,53,54)(H,55,56,57)(H,58,59,60);;;/q;3*+1/p-3/b46-28-,47-45?,48-36+;;;. The summed E-state index contributed by atoms with van der Waals surface area (Å²) in [7, 11) is -15.7. The molecule has 0 aliphatic heterocycles. The van der Waals surface area contributed by atoms with Crippen molar-refractivity contribution in [2.75, 3.05) is 27.6 Å². The summed E-state index contributed by atoms with van der Waals surface area (Å²) in [6.07, 6.45) is 3.15. The molecule has 0 unspecified atom stereocenters. The number of para-hydroxylation sites is 1. The van der Waals surface area contributed by atoms with Gasteiger partial charge >= 0.3 is 88.7 Å². The summed E-state index contributed by atoms with van der Waals surface area (Å²) >= 11 is 0. The van der Waals surface area contributed by atoms with Crippen LogP contribution in [0.2, 0.25) is 0 Å². The summed E-state index contributed by atoms with van der Waals surface area (Å²) in [6, 6.07) is 22.2. The van der Waals surface area contributed by atoms with Gasteiger partial charge in [0.15, 0.2) is 0 Å². The first-order chi connectivity index (χ1) is 29.7. The van der Waals surface area contributed by atoms with Crippen LogP contribution in [-0.4, -0.2) is 67.8 Å². The minimum atomic E-state index is -5.41. The minimum Gasteiger partial charge on any atom is -0.744 e. The first kappa shape index (κ1) is 53.9. The molecule has 0 atom stereocenters. The van der Waals surface area contributed by atoms with E-state index in [0.717, 1.165) is 12.1 Å². The van der Waals surface area contributed by atoms with E-state index in [1.54, 1.807) is 18.2 Å². The third-order valence-corrected chi connectivity index (χ3v) is 11.7. The summed E-state index contributed by atoms with van der Waals surface area (Å²) < 4.78 is 109. The van der Waals surface area contributed by atoms with E-state index in [-0.39, 0.29) is 122 Å². The molecule has 7 rings (SSSR count). The van der Waals surface area contributed by atoms with Gasteiger partial charge in [0.2, 0.25) is 11.6 Å². The Balaban J connectivity index is 0.00000317. The molecule has 66 heavy (non-hydrogen) atoms. The van der Waals surface area contributed by atoms with Gasteiger partial charge in [0.25, 0.3) is 5.91 Å². The molecule has 2 aliphatic rings. The predicted octanol–water partition coefficient (Wildman–Crippen LogP) is -4.43. The van der Waals surface area contributed by atoms with Gasteiger partial charge in [-0.2, -0.15) is 15.3 Å². The Bertz CT molecular complexity index is 3300. The molecule has 0 aromatic heterocycles. The van der Waals surface area contributed by atoms with Crippen LogP contribution in [0.15, 0.2) is 138 Å². The van der Waals surface area contributed by atoms with E-state index in [0.29, 0.717) is 29.2 Å². The molecule has 0 spiro atoms. The number of amides is 1. The Morgan fingerprint density at radius 1 is 0.606 bits per heavy atom. The number of ketones is 2. The van der Waals surface area contributed by atoms with Crippen molar-refractivity contribution >= 4 is 111 Å². The third-order valence-electron chi connectivity index (χ3n) is 9.12. The van der Waals surface area contributed by atoms with Crippen LogP contribution < -0.4 is 116 Å². The zero-order valence-electron chi connectivity index (χ0n) is 34.5. The maximum absolute atomic E-state index is 13.6. The molecule has 0 saturated carbocycles. The van der Waals surface area contributed by atoms with E-state index in [4.69, 9.17) is 11.5 Å². The molecule has 5 aromatic carbocycles. The molecule has 0 radical (unpaired) electrons. The van der Waals surface area contributed by atoms with Crippen LogP contribution in [0.4, 0.5) is 39.8 Å². The molecular formula is C39H26N9Na3O12S3. The molecule has 1 amide bonds. The molecule has 0 heterocycles. The number of hydrogen-bond acceptors (Lipinski definition) is 20. The fraction of sp³-hybridized carbons (Fsp3) is 0. The normalized spacial score (nSPS) is 14.6. The number of nitrogens with one attached hydrogen (secondary N) is 3. The number of benzene rings is 5. The molecule has 27 heteroatoms. The predicted molar refractivity (Wildman–Crippen MR) is 227 cm³/mol. The summed E-state index contributed by atoms with van der Waals surface area (Å²) in [6.45, 7) is 0. The summed E-state index contributed by atoms with van der Waals surface area (Å²) in [4.78, 5) is 37.0. The monoisotopic (exact) mass is 977 g/mol. The van der Waals surface area contributed by atoms with Gasteiger partial charge in [-0.15, -0.1) is 5.11 Å². The number of hydrogen-bond donors (Lipinski definition) is 5. The van der Waals surface area contributed by atoms with Crippen LogP contribution >= 0.6 is 0 Å². The summed E-state index contributed by atoms with van der Waals surface area (Å²) in [5.41, 5.74) is 14.7. The SMILES string of the molecule is Nc1ccc(S(=O)(=O)[O-])c2c1C(=O)/C(=N\Nc1ccc(NC(=O)c3ccc(N=Nc4c(S(=O)(=O)[O-])cc5c(c4N)C(=O)/C(=N/Nc4ccccc4)C(S(=O)(=O)[O-])=C5)cc3)cc1)C=C2.[Na+].[Na+].[Na+]. The van der Waals surface area contributed by atoms with Gasteiger partial charge in [-0.05, 0) is 96.6 Å². The molecule has 0 fully saturated rings. The number of allylic oxidation sites excluding steroid dienone is 2. The second kappa shape index (κ2) is 21.5. The van der Waals surface area contributed by atoms with Crippen LogP contribution in [0.1, 0.15) is 42.2 Å². The van der Waals surface area contributed by atoms with Crippen LogP contribution in [0.5, 0.6) is 0 Å². The fourth-order valence-corrected chi connectivity index (χ4v) is 8.15. The number of fused-ring (bicyclic) bond motifs is 2. The molecule has 0 bridgehead atoms. The van der Waals surface area contributed by atoms with Crippen molar-refractivity contribution in [2.45, 2.75) is 9.79 Å². The van der Waals surface area contributed by atoms with Gasteiger partial charge in [-0.3, -0.25) is 25.2 Å². The first-order valence-corrected chi connectivity index (χ1v) is 21.8. The Morgan fingerprint density at radius 2 is 1.20 bits per heavy atom. The molecule has 7 N–H and O–H groups in total. The van der Waals surface area contributed by atoms with Crippen molar-refractivity contribution in [3.05, 3.63) is 136 Å². The Hall–Kier alpha value is -4.74. The van der Waals surface area contributed by atoms with E-state index in [2.05, 4.69) is 36.6 Å². The van der Waals surface area contributed by atoms with Crippen molar-refractivity contribution in [1.29, 1.82) is 0 Å². The van der Waals surface area contributed by atoms with E-state index >= 15 is 0 Å². The van der Waals surface area contributed by atoms with Gasteiger partial charge in [0, 0.05) is 22.5 Å². The molecule has 21 nitrogen and oxygen atoms in total. The maximum atomic E-state index is 13.6. The number of nitrogens with zero attached hydrogens (tertiary/aromatic N) is 4. The molecule has 0 saturated heterocycles. The number of nitrogens with two attached hydrogens (primary N) is 2. The van der Waals surface area contributed by atoms with E-state index in [9.17, 15) is 53.3 Å². The van der Waals surface area contributed by atoms with Gasteiger partial charge < -0.3 is 30.4 Å². The average Bonchev–Trinajstić information content (AvgIpc) is 3.22. The zero-order valence-corrected chi connectivity index (χ0v) is 43.0. The van der Waals surface area contributed by atoms with Crippen molar-refractivity contribution in [3.8, 4) is 0 Å². The smallest absolute Gasteiger partial charge is 0.744 e. The molecule has 320 valence electrons. The Morgan fingerprint density at radius 3 is 1.80 bits per heavy atom. The van der Waals surface area contributed by atoms with Crippen LogP contribution in [0, 0.1) is 0 Å². The molecule has 2 aliphatic carbocycles. The number of carbonyl (C=O) groups is 3. The number of azo groups is 1. The number of carbonyl (C=O) groups excluding carboxylic acids is 3. The van der Waals surface area contributed by atoms with Crippen LogP contribution in [0.3, 0.4) is 0 Å². The average molecular weight is 978 g/mol. The first-order valence-electron chi connectivity index (χ1n) is 17.6. The number of hydrazone groups is 2. The summed E-state index contributed by atoms with van der Waals surface area (Å²) in [5, 5.41) is 18.3. The zero-order chi connectivity index (χ0) is 45.4. The molecule has 5 aromatic rings. The summed E-state index contributed by atoms with van der Waals surface area (Å²) in [5.74, 6) is -2.49. The molecular weight excluding hydrogens is 952 g/mol. The van der Waals surface area contributed by atoms with Crippen molar-refractivity contribution < 1.29 is 142 Å². The number of rotatable bonds is 11. The van der Waals surface area contributed by atoms with Gasteiger partial charge in [0.1, 0.15) is 47.5 Å². The Labute approximate surface area is 442 Å². The Kier molecular flexibility index (Phi) is 17.5. The second-order valence-corrected chi connectivity index (χ2v) is 17.3. The largest absolute Gasteiger partial charge is 1.00 e. The maximum Gasteiger partial charge on any atom is 1.00 e. The van der Waals surface area contributed by atoms with Crippen molar-refractivity contribution in [1.82, 2.24) is 0 Å². The number of anilines is 5. The minimum absolute atomic E-state index is 0. The van der Waals surface area contributed by atoms with E-state index in [1.165, 1.54) is 72.8 Å². The van der Waals surface area contributed by atoms with Crippen molar-refractivity contribution in [2.24, 2.45) is 20.4 Å². The quantitative estimate of drug-likeness (QED) is 0.0274. The van der Waals surface area contributed by atoms with E-state index < -0.39 is 90.7 Å². The van der Waals surface area contributed by atoms with Gasteiger partial charge in [-0.25, -0.2) is 25.3 Å². The van der Waals surface area contributed by atoms with Gasteiger partial charge in [0.05, 0.1) is 48.6 Å². The van der Waals surface area contributed by atoms with Crippen molar-refractivity contribution in [3.63, 3.8) is 0 Å². The fourth-order valence-electron chi connectivity index (χ4n) is 6.17. The van der Waals surface area contributed by atoms with Crippen LogP contribution in [0.25, 0.3) is 12.2 Å². The second-order valence-electron chi connectivity index (χ2n) is 13.2. The van der Waals surface area contributed by atoms with Crippen LogP contribution in [-0.2, 0) is 30.4 Å². The third kappa shape index (κ3) is 11.9. The number of nitrogen functional groups attached to an aromatic ring is 2. The van der Waals surface area contributed by atoms with E-state index in [1.807, 2.05) is 0 Å². The topological polar surface area (TPSA) is 360 Å².